The summed E-state index contributed by atoms with van der Waals surface area (Å²) in [5.41, 5.74) is 2.59. The Morgan fingerprint density at radius 1 is 1.22 bits per heavy atom. The zero-order chi connectivity index (χ0) is 12.4. The number of rotatable bonds is 3. The molecule has 0 radical (unpaired) electrons. The minimum Gasteiger partial charge on any atom is -0.367 e. The fourth-order valence-electron chi connectivity index (χ4n) is 1.82. The second-order valence-electron chi connectivity index (χ2n) is 3.79. The van der Waals surface area contributed by atoms with Gasteiger partial charge in [-0.2, -0.15) is 5.26 Å². The molecule has 2 aromatic heterocycles. The molecule has 5 heteroatoms. The number of anilines is 1. The molecule has 0 aliphatic carbocycles. The first kappa shape index (κ1) is 10.8. The van der Waals surface area contributed by atoms with E-state index in [-0.39, 0.29) is 0 Å². The van der Waals surface area contributed by atoms with Crippen LogP contribution in [0.15, 0.2) is 47.8 Å². The smallest absolute Gasteiger partial charge is 0.101 e. The lowest BCUT2D eigenvalue weighted by molar-refractivity contribution is 1.38. The van der Waals surface area contributed by atoms with Gasteiger partial charge in [0, 0.05) is 28.9 Å². The number of nitrogens with zero attached hydrogens (tertiary/aromatic N) is 1. The molecule has 0 amide bonds. The van der Waals surface area contributed by atoms with E-state index >= 15 is 0 Å². The highest BCUT2D eigenvalue weighted by Gasteiger charge is 2.06. The summed E-state index contributed by atoms with van der Waals surface area (Å²) in [6.07, 6.45) is 5.54. The van der Waals surface area contributed by atoms with Crippen molar-refractivity contribution in [3.8, 4) is 6.07 Å². The van der Waals surface area contributed by atoms with E-state index in [1.54, 1.807) is 6.20 Å². The van der Waals surface area contributed by atoms with Gasteiger partial charge in [-0.15, -0.1) is 0 Å². The van der Waals surface area contributed by atoms with E-state index in [1.165, 1.54) is 11.9 Å². The Morgan fingerprint density at radius 2 is 2.17 bits per heavy atom. The summed E-state index contributed by atoms with van der Waals surface area (Å²) in [6.45, 7) is 0. The van der Waals surface area contributed by atoms with E-state index in [4.69, 9.17) is 5.26 Å². The summed E-state index contributed by atoms with van der Waals surface area (Å²) in [5.74, 6) is 0. The fourth-order valence-corrected chi connectivity index (χ4v) is 2.48. The predicted octanol–water partition coefficient (Wildman–Crippen LogP) is 3.49. The van der Waals surface area contributed by atoms with Crippen LogP contribution in [0.25, 0.3) is 10.9 Å². The monoisotopic (exact) mass is 254 g/mol. The van der Waals surface area contributed by atoms with E-state index in [1.807, 2.05) is 36.7 Å². The Kier molecular flexibility index (Phi) is 2.71. The Bertz CT molecular complexity index is 706. The number of hydrogen-bond donors (Lipinski definition) is 3. The van der Waals surface area contributed by atoms with Crippen LogP contribution in [0.3, 0.4) is 0 Å². The van der Waals surface area contributed by atoms with Crippen molar-refractivity contribution in [1.82, 2.24) is 9.97 Å². The first-order chi connectivity index (χ1) is 8.88. The fraction of sp³-hybridized carbons (Fsp3) is 0. The molecule has 4 nitrogen and oxygen atoms in total. The van der Waals surface area contributed by atoms with Gasteiger partial charge in [-0.1, -0.05) is 12.1 Å². The average Bonchev–Trinajstić information content (AvgIpc) is 3.05. The van der Waals surface area contributed by atoms with Gasteiger partial charge in [-0.25, -0.2) is 0 Å². The lowest BCUT2D eigenvalue weighted by Crippen LogP contribution is -1.87. The summed E-state index contributed by atoms with van der Waals surface area (Å²) in [4.78, 5) is 7.25. The first-order valence-corrected chi connectivity index (χ1v) is 6.26. The van der Waals surface area contributed by atoms with Crippen molar-refractivity contribution in [2.45, 2.75) is 4.90 Å². The van der Waals surface area contributed by atoms with Crippen LogP contribution >= 0.6 is 11.9 Å². The van der Waals surface area contributed by atoms with E-state index in [9.17, 15) is 0 Å². The molecule has 2 heterocycles. The summed E-state index contributed by atoms with van der Waals surface area (Å²) in [7, 11) is 0. The van der Waals surface area contributed by atoms with Crippen LogP contribution in [0.5, 0.6) is 0 Å². The number of para-hydroxylation sites is 1. The molecule has 0 saturated carbocycles. The Morgan fingerprint density at radius 3 is 2.94 bits per heavy atom. The minimum atomic E-state index is 0.667. The number of aromatic amines is 2. The SMILES string of the molecule is N#Cc1c[nH]c2c(NSc3cc[nH]c3)cccc12. The highest BCUT2D eigenvalue weighted by molar-refractivity contribution is 8.00. The molecule has 0 spiro atoms. The third-order valence-electron chi connectivity index (χ3n) is 2.68. The molecule has 3 aromatic rings. The van der Waals surface area contributed by atoms with Gasteiger partial charge in [0.05, 0.1) is 16.8 Å². The van der Waals surface area contributed by atoms with Crippen molar-refractivity contribution in [1.29, 1.82) is 5.26 Å². The average molecular weight is 254 g/mol. The third-order valence-corrected chi connectivity index (χ3v) is 3.50. The first-order valence-electron chi connectivity index (χ1n) is 5.44. The number of nitriles is 1. The number of nitrogens with one attached hydrogen (secondary N) is 3. The van der Waals surface area contributed by atoms with Crippen LogP contribution in [0.4, 0.5) is 5.69 Å². The van der Waals surface area contributed by atoms with Gasteiger partial charge in [0.25, 0.3) is 0 Å². The third kappa shape index (κ3) is 1.83. The van der Waals surface area contributed by atoms with Crippen molar-refractivity contribution < 1.29 is 0 Å². The highest BCUT2D eigenvalue weighted by atomic mass is 32.2. The molecule has 0 unspecified atom stereocenters. The molecular formula is C13H10N4S. The second kappa shape index (κ2) is 4.51. The number of aromatic nitrogens is 2. The highest BCUT2D eigenvalue weighted by Crippen LogP contribution is 2.28. The molecule has 0 aliphatic heterocycles. The molecule has 0 fully saturated rings. The molecule has 0 bridgehead atoms. The Hall–Kier alpha value is -2.32. The van der Waals surface area contributed by atoms with Gasteiger partial charge in [-0.3, -0.25) is 0 Å². The molecule has 0 aliphatic rings. The van der Waals surface area contributed by atoms with Gasteiger partial charge in [0.1, 0.15) is 6.07 Å². The normalized spacial score (nSPS) is 10.4. The summed E-state index contributed by atoms with van der Waals surface area (Å²) < 4.78 is 3.28. The number of H-pyrrole nitrogens is 2. The maximum atomic E-state index is 9.00. The molecule has 0 atom stereocenters. The van der Waals surface area contributed by atoms with E-state index in [2.05, 4.69) is 20.8 Å². The summed E-state index contributed by atoms with van der Waals surface area (Å²) in [5, 5.41) is 9.94. The van der Waals surface area contributed by atoms with E-state index in [0.29, 0.717) is 5.56 Å². The molecule has 88 valence electrons. The maximum absolute atomic E-state index is 9.00. The topological polar surface area (TPSA) is 67.4 Å². The van der Waals surface area contributed by atoms with Gasteiger partial charge in [0.2, 0.25) is 0 Å². The molecule has 18 heavy (non-hydrogen) atoms. The van der Waals surface area contributed by atoms with Crippen molar-refractivity contribution in [2.24, 2.45) is 0 Å². The lowest BCUT2D eigenvalue weighted by Gasteiger charge is -2.05. The standard InChI is InChI=1S/C13H10N4S/c14-6-9-7-16-13-11(9)2-1-3-12(13)17-18-10-4-5-15-8-10/h1-5,7-8,15-17H. The van der Waals surface area contributed by atoms with Gasteiger partial charge in [-0.05, 0) is 24.1 Å². The maximum Gasteiger partial charge on any atom is 0.101 e. The second-order valence-corrected chi connectivity index (χ2v) is 4.67. The largest absolute Gasteiger partial charge is 0.367 e. The van der Waals surface area contributed by atoms with Crippen molar-refractivity contribution >= 4 is 28.5 Å². The quantitative estimate of drug-likeness (QED) is 0.627. The zero-order valence-corrected chi connectivity index (χ0v) is 10.2. The van der Waals surface area contributed by atoms with Crippen LogP contribution in [-0.2, 0) is 0 Å². The van der Waals surface area contributed by atoms with Gasteiger partial charge in [0.15, 0.2) is 0 Å². The minimum absolute atomic E-state index is 0.667. The van der Waals surface area contributed by atoms with Gasteiger partial charge >= 0.3 is 0 Å². The molecular weight excluding hydrogens is 244 g/mol. The van der Waals surface area contributed by atoms with Crippen molar-refractivity contribution in [2.75, 3.05) is 4.72 Å². The summed E-state index contributed by atoms with van der Waals surface area (Å²) in [6, 6.07) is 10.0. The molecule has 3 N–H and O–H groups in total. The molecule has 0 saturated heterocycles. The molecule has 3 rings (SSSR count). The predicted molar refractivity (Wildman–Crippen MR) is 73.3 cm³/mol. The number of benzene rings is 1. The zero-order valence-electron chi connectivity index (χ0n) is 9.40. The van der Waals surface area contributed by atoms with Crippen LogP contribution in [0.2, 0.25) is 0 Å². The van der Waals surface area contributed by atoms with Crippen molar-refractivity contribution in [3.05, 3.63) is 48.4 Å². The van der Waals surface area contributed by atoms with E-state index in [0.717, 1.165) is 21.5 Å². The van der Waals surface area contributed by atoms with Crippen LogP contribution in [0, 0.1) is 11.3 Å². The van der Waals surface area contributed by atoms with Crippen LogP contribution in [-0.4, -0.2) is 9.97 Å². The summed E-state index contributed by atoms with van der Waals surface area (Å²) >= 11 is 1.53. The van der Waals surface area contributed by atoms with E-state index < -0.39 is 0 Å². The van der Waals surface area contributed by atoms with Gasteiger partial charge < -0.3 is 14.7 Å². The van der Waals surface area contributed by atoms with Crippen LogP contribution in [0.1, 0.15) is 5.56 Å². The number of fused-ring (bicyclic) bond motifs is 1. The Balaban J connectivity index is 1.93. The molecule has 1 aromatic carbocycles. The Labute approximate surface area is 108 Å². The van der Waals surface area contributed by atoms with Crippen LogP contribution < -0.4 is 4.72 Å². The lowest BCUT2D eigenvalue weighted by atomic mass is 10.2. The number of hydrogen-bond acceptors (Lipinski definition) is 3. The van der Waals surface area contributed by atoms with Crippen molar-refractivity contribution in [3.63, 3.8) is 0 Å².